The van der Waals surface area contributed by atoms with Crippen molar-refractivity contribution in [2.24, 2.45) is 5.92 Å². The van der Waals surface area contributed by atoms with Crippen LogP contribution in [0.1, 0.15) is 44.1 Å². The van der Waals surface area contributed by atoms with E-state index in [9.17, 15) is 9.59 Å². The van der Waals surface area contributed by atoms with Gasteiger partial charge >= 0.3 is 0 Å². The summed E-state index contributed by atoms with van der Waals surface area (Å²) >= 11 is 6.18. The molecule has 0 aliphatic carbocycles. The number of carbonyl (C=O) groups is 2. The molecule has 2 atom stereocenters. The summed E-state index contributed by atoms with van der Waals surface area (Å²) in [5.74, 6) is 0.283. The van der Waals surface area contributed by atoms with Gasteiger partial charge in [-0.15, -0.1) is 0 Å². The number of rotatable bonds is 4. The number of pyridine rings is 1. The maximum absolute atomic E-state index is 12.9. The number of hydrogen-bond donors (Lipinski definition) is 0. The molecule has 0 saturated carbocycles. The maximum Gasteiger partial charge on any atom is 0.274 e. The standard InChI is InChI=1S/C20H28ClN3O4/c1-4-27-17-6-5-16(21)18(22-17)20(26)23-9-7-15(8-10-23)19(25)24-11-13(2)28-14(3)12-24/h5-6,13-15H,4,7-12H2,1-3H3. The van der Waals surface area contributed by atoms with Crippen molar-refractivity contribution in [3.05, 3.63) is 22.8 Å². The molecular formula is C20H28ClN3O4. The van der Waals surface area contributed by atoms with Crippen LogP contribution in [0.5, 0.6) is 5.88 Å². The number of likely N-dealkylation sites (tertiary alicyclic amines) is 1. The number of hydrogen-bond acceptors (Lipinski definition) is 5. The Balaban J connectivity index is 1.60. The number of nitrogens with zero attached hydrogens (tertiary/aromatic N) is 3. The Labute approximate surface area is 170 Å². The molecule has 2 unspecified atom stereocenters. The zero-order valence-corrected chi connectivity index (χ0v) is 17.4. The van der Waals surface area contributed by atoms with Gasteiger partial charge in [0.25, 0.3) is 5.91 Å². The monoisotopic (exact) mass is 409 g/mol. The molecule has 3 heterocycles. The summed E-state index contributed by atoms with van der Waals surface area (Å²) in [6.07, 6.45) is 1.40. The fraction of sp³-hybridized carbons (Fsp3) is 0.650. The quantitative estimate of drug-likeness (QED) is 0.764. The average molecular weight is 410 g/mol. The SMILES string of the molecule is CCOc1ccc(Cl)c(C(=O)N2CCC(C(=O)N3CC(C)OC(C)C3)CC2)n1. The average Bonchev–Trinajstić information content (AvgIpc) is 2.68. The van der Waals surface area contributed by atoms with Crippen LogP contribution in [0.4, 0.5) is 0 Å². The van der Waals surface area contributed by atoms with Crippen LogP contribution in [-0.2, 0) is 9.53 Å². The largest absolute Gasteiger partial charge is 0.478 e. The molecular weight excluding hydrogens is 382 g/mol. The Kier molecular flexibility index (Phi) is 6.78. The zero-order chi connectivity index (χ0) is 20.3. The van der Waals surface area contributed by atoms with E-state index in [0.717, 1.165) is 0 Å². The Morgan fingerprint density at radius 3 is 2.43 bits per heavy atom. The first-order chi connectivity index (χ1) is 13.4. The topological polar surface area (TPSA) is 72.0 Å². The number of carbonyl (C=O) groups excluding carboxylic acids is 2. The van der Waals surface area contributed by atoms with E-state index in [1.807, 2.05) is 25.7 Å². The van der Waals surface area contributed by atoms with Crippen molar-refractivity contribution in [1.82, 2.24) is 14.8 Å². The molecule has 3 rings (SSSR count). The number of aromatic nitrogens is 1. The van der Waals surface area contributed by atoms with Gasteiger partial charge in [0.2, 0.25) is 11.8 Å². The molecule has 0 bridgehead atoms. The Hall–Kier alpha value is -1.86. The number of piperidine rings is 1. The summed E-state index contributed by atoms with van der Waals surface area (Å²) in [4.78, 5) is 33.6. The summed E-state index contributed by atoms with van der Waals surface area (Å²) in [6.45, 7) is 8.60. The minimum Gasteiger partial charge on any atom is -0.478 e. The summed E-state index contributed by atoms with van der Waals surface area (Å²) in [5.41, 5.74) is 0.202. The second-order valence-corrected chi connectivity index (χ2v) is 7.89. The van der Waals surface area contributed by atoms with Crippen LogP contribution in [0.15, 0.2) is 12.1 Å². The van der Waals surface area contributed by atoms with Crippen LogP contribution in [0.25, 0.3) is 0 Å². The van der Waals surface area contributed by atoms with E-state index >= 15 is 0 Å². The van der Waals surface area contributed by atoms with Crippen LogP contribution in [-0.4, -0.2) is 71.6 Å². The maximum atomic E-state index is 12.9. The first kappa shape index (κ1) is 20.9. The summed E-state index contributed by atoms with van der Waals surface area (Å²) in [6, 6.07) is 3.28. The molecule has 7 nitrogen and oxygen atoms in total. The lowest BCUT2D eigenvalue weighted by molar-refractivity contribution is -0.148. The van der Waals surface area contributed by atoms with Crippen molar-refractivity contribution in [2.75, 3.05) is 32.8 Å². The number of morpholine rings is 1. The summed E-state index contributed by atoms with van der Waals surface area (Å²) in [5, 5.41) is 0.308. The van der Waals surface area contributed by atoms with Gasteiger partial charge in [-0.3, -0.25) is 9.59 Å². The third kappa shape index (κ3) is 4.75. The Morgan fingerprint density at radius 2 is 1.82 bits per heavy atom. The third-order valence-corrected chi connectivity index (χ3v) is 5.48. The summed E-state index contributed by atoms with van der Waals surface area (Å²) < 4.78 is 11.1. The van der Waals surface area contributed by atoms with Crippen molar-refractivity contribution in [2.45, 2.75) is 45.8 Å². The van der Waals surface area contributed by atoms with Crippen molar-refractivity contribution in [1.29, 1.82) is 0 Å². The van der Waals surface area contributed by atoms with Crippen LogP contribution < -0.4 is 4.74 Å². The van der Waals surface area contributed by atoms with E-state index < -0.39 is 0 Å². The highest BCUT2D eigenvalue weighted by molar-refractivity contribution is 6.33. The van der Waals surface area contributed by atoms with Gasteiger partial charge in [0.1, 0.15) is 0 Å². The molecule has 2 amide bonds. The first-order valence-electron chi connectivity index (χ1n) is 9.91. The molecule has 28 heavy (non-hydrogen) atoms. The van der Waals surface area contributed by atoms with Gasteiger partial charge in [-0.1, -0.05) is 11.6 Å². The van der Waals surface area contributed by atoms with Crippen LogP contribution >= 0.6 is 11.6 Å². The number of ether oxygens (including phenoxy) is 2. The lowest BCUT2D eigenvalue weighted by Gasteiger charge is -2.39. The lowest BCUT2D eigenvalue weighted by Crippen LogP contribution is -2.51. The second-order valence-electron chi connectivity index (χ2n) is 7.48. The van der Waals surface area contributed by atoms with E-state index in [2.05, 4.69) is 4.98 Å². The highest BCUT2D eigenvalue weighted by Gasteiger charge is 2.34. The molecule has 2 fully saturated rings. The number of amides is 2. The molecule has 8 heteroatoms. The van der Waals surface area contributed by atoms with E-state index in [4.69, 9.17) is 21.1 Å². The highest BCUT2D eigenvalue weighted by atomic mass is 35.5. The van der Waals surface area contributed by atoms with E-state index in [1.165, 1.54) is 0 Å². The van der Waals surface area contributed by atoms with Crippen molar-refractivity contribution in [3.63, 3.8) is 0 Å². The van der Waals surface area contributed by atoms with Crippen molar-refractivity contribution < 1.29 is 19.1 Å². The normalized spacial score (nSPS) is 23.6. The van der Waals surface area contributed by atoms with Gasteiger partial charge in [0.15, 0.2) is 5.69 Å². The van der Waals surface area contributed by atoms with Crippen LogP contribution in [0.3, 0.4) is 0 Å². The number of halogens is 1. The van der Waals surface area contributed by atoms with Gasteiger partial charge in [-0.2, -0.15) is 0 Å². The predicted molar refractivity (Wildman–Crippen MR) is 106 cm³/mol. The molecule has 1 aromatic rings. The molecule has 2 saturated heterocycles. The minimum atomic E-state index is -0.217. The highest BCUT2D eigenvalue weighted by Crippen LogP contribution is 2.25. The van der Waals surface area contributed by atoms with E-state index in [0.29, 0.717) is 56.5 Å². The van der Waals surface area contributed by atoms with Gasteiger partial charge in [-0.25, -0.2) is 4.98 Å². The summed E-state index contributed by atoms with van der Waals surface area (Å²) in [7, 11) is 0. The lowest BCUT2D eigenvalue weighted by atomic mass is 9.94. The molecule has 2 aliphatic heterocycles. The zero-order valence-electron chi connectivity index (χ0n) is 16.7. The van der Waals surface area contributed by atoms with Gasteiger partial charge in [-0.05, 0) is 39.7 Å². The van der Waals surface area contributed by atoms with Gasteiger partial charge in [0, 0.05) is 38.2 Å². The third-order valence-electron chi connectivity index (χ3n) is 5.18. The van der Waals surface area contributed by atoms with Crippen LogP contribution in [0, 0.1) is 5.92 Å². The molecule has 0 aromatic carbocycles. The van der Waals surface area contributed by atoms with Crippen LogP contribution in [0.2, 0.25) is 5.02 Å². The second kappa shape index (κ2) is 9.09. The molecule has 0 spiro atoms. The Bertz CT molecular complexity index is 711. The van der Waals surface area contributed by atoms with Gasteiger partial charge < -0.3 is 19.3 Å². The van der Waals surface area contributed by atoms with Crippen molar-refractivity contribution >= 4 is 23.4 Å². The predicted octanol–water partition coefficient (Wildman–Crippen LogP) is 2.62. The molecule has 2 aliphatic rings. The molecule has 154 valence electrons. The van der Waals surface area contributed by atoms with Gasteiger partial charge in [0.05, 0.1) is 23.8 Å². The van der Waals surface area contributed by atoms with E-state index in [1.54, 1.807) is 17.0 Å². The smallest absolute Gasteiger partial charge is 0.274 e. The minimum absolute atomic E-state index is 0.0557. The molecule has 1 aromatic heterocycles. The fourth-order valence-electron chi connectivity index (χ4n) is 3.90. The molecule has 0 radical (unpaired) electrons. The fourth-order valence-corrected chi connectivity index (χ4v) is 4.08. The first-order valence-corrected chi connectivity index (χ1v) is 10.3. The van der Waals surface area contributed by atoms with Crippen molar-refractivity contribution in [3.8, 4) is 5.88 Å². The Morgan fingerprint density at radius 1 is 1.18 bits per heavy atom. The molecule has 0 N–H and O–H groups in total. The van der Waals surface area contributed by atoms with E-state index in [-0.39, 0.29) is 35.6 Å².